The van der Waals surface area contributed by atoms with E-state index in [-0.39, 0.29) is 4.83 Å². The number of rotatable bonds is 5. The van der Waals surface area contributed by atoms with Gasteiger partial charge < -0.3 is 4.52 Å². The number of thioether (sulfide) groups is 1. The first-order valence-corrected chi connectivity index (χ1v) is 7.85. The second-order valence-electron chi connectivity index (χ2n) is 3.79. The maximum absolute atomic E-state index is 5.24. The van der Waals surface area contributed by atoms with Crippen molar-refractivity contribution in [1.29, 1.82) is 0 Å². The summed E-state index contributed by atoms with van der Waals surface area (Å²) in [5.41, 5.74) is 0.987. The zero-order chi connectivity index (χ0) is 13.0. The molecule has 3 nitrogen and oxygen atoms in total. The monoisotopic (exact) mass is 326 g/mol. The lowest BCUT2D eigenvalue weighted by Gasteiger charge is -1.99. The highest BCUT2D eigenvalue weighted by atomic mass is 79.9. The van der Waals surface area contributed by atoms with Crippen molar-refractivity contribution in [3.8, 4) is 11.4 Å². The van der Waals surface area contributed by atoms with E-state index < -0.39 is 0 Å². The molecule has 0 bridgehead atoms. The van der Waals surface area contributed by atoms with Crippen LogP contribution in [-0.4, -0.2) is 15.9 Å². The van der Waals surface area contributed by atoms with Crippen LogP contribution in [0.5, 0.6) is 0 Å². The first-order chi connectivity index (χ1) is 8.74. The summed E-state index contributed by atoms with van der Waals surface area (Å²) in [4.78, 5) is 5.79. The van der Waals surface area contributed by atoms with Gasteiger partial charge in [0.05, 0.1) is 4.83 Å². The van der Waals surface area contributed by atoms with Crippen molar-refractivity contribution in [2.75, 3.05) is 5.75 Å². The van der Waals surface area contributed by atoms with Gasteiger partial charge in [-0.1, -0.05) is 34.9 Å². The first-order valence-electron chi connectivity index (χ1n) is 5.95. The Bertz CT molecular complexity index is 498. The van der Waals surface area contributed by atoms with Crippen molar-refractivity contribution < 1.29 is 4.52 Å². The van der Waals surface area contributed by atoms with Gasteiger partial charge >= 0.3 is 0 Å². The Morgan fingerprint density at radius 2 is 2.00 bits per heavy atom. The molecule has 1 atom stereocenters. The number of benzene rings is 1. The van der Waals surface area contributed by atoms with Crippen molar-refractivity contribution in [3.05, 3.63) is 30.2 Å². The van der Waals surface area contributed by atoms with Gasteiger partial charge in [-0.25, -0.2) is 0 Å². The van der Waals surface area contributed by atoms with Crippen molar-refractivity contribution in [3.63, 3.8) is 0 Å². The highest BCUT2D eigenvalue weighted by Crippen LogP contribution is 2.27. The molecule has 0 N–H and O–H groups in total. The van der Waals surface area contributed by atoms with E-state index in [0.29, 0.717) is 11.7 Å². The summed E-state index contributed by atoms with van der Waals surface area (Å²) in [7, 11) is 0. The Labute approximate surface area is 119 Å². The van der Waals surface area contributed by atoms with E-state index in [1.807, 2.05) is 23.9 Å². The fourth-order valence-corrected chi connectivity index (χ4v) is 2.37. The van der Waals surface area contributed by atoms with Crippen LogP contribution in [0.25, 0.3) is 11.4 Å². The van der Waals surface area contributed by atoms with Gasteiger partial charge in [-0.05, 0) is 36.4 Å². The summed E-state index contributed by atoms with van der Waals surface area (Å²) in [5, 5.41) is 4.01. The number of alkyl halides is 1. The summed E-state index contributed by atoms with van der Waals surface area (Å²) in [5.74, 6) is 2.36. The van der Waals surface area contributed by atoms with Crippen LogP contribution in [0.15, 0.2) is 33.7 Å². The Balaban J connectivity index is 2.18. The van der Waals surface area contributed by atoms with Gasteiger partial charge in [-0.3, -0.25) is 0 Å². The fourth-order valence-electron chi connectivity index (χ4n) is 1.52. The molecule has 1 aromatic heterocycles. The van der Waals surface area contributed by atoms with Gasteiger partial charge in [0, 0.05) is 10.5 Å². The van der Waals surface area contributed by atoms with Crippen LogP contribution in [0.3, 0.4) is 0 Å². The summed E-state index contributed by atoms with van der Waals surface area (Å²) in [6, 6.07) is 8.24. The maximum Gasteiger partial charge on any atom is 0.240 e. The van der Waals surface area contributed by atoms with Crippen molar-refractivity contribution >= 4 is 27.7 Å². The van der Waals surface area contributed by atoms with E-state index in [1.54, 1.807) is 0 Å². The number of hydrogen-bond donors (Lipinski definition) is 0. The molecule has 0 amide bonds. The third-order valence-electron chi connectivity index (χ3n) is 2.49. The van der Waals surface area contributed by atoms with Crippen LogP contribution in [0.4, 0.5) is 0 Å². The molecule has 2 rings (SSSR count). The van der Waals surface area contributed by atoms with Crippen molar-refractivity contribution in [2.24, 2.45) is 0 Å². The maximum atomic E-state index is 5.24. The average molecular weight is 327 g/mol. The third kappa shape index (κ3) is 3.14. The second-order valence-corrected chi connectivity index (χ2v) is 6.23. The molecular formula is C13H15BrN2OS. The summed E-state index contributed by atoms with van der Waals surface area (Å²) < 4.78 is 5.24. The lowest BCUT2D eigenvalue weighted by Crippen LogP contribution is -1.87. The minimum Gasteiger partial charge on any atom is -0.338 e. The Morgan fingerprint density at radius 1 is 1.28 bits per heavy atom. The summed E-state index contributed by atoms with van der Waals surface area (Å²) in [6.07, 6.45) is 0.924. The Morgan fingerprint density at radius 3 is 2.61 bits per heavy atom. The highest BCUT2D eigenvalue weighted by Gasteiger charge is 2.14. The number of halogens is 1. The minimum atomic E-state index is 0.133. The number of nitrogens with zero attached hydrogens (tertiary/aromatic N) is 2. The average Bonchev–Trinajstić information content (AvgIpc) is 2.89. The first kappa shape index (κ1) is 13.6. The van der Waals surface area contributed by atoms with E-state index in [1.165, 1.54) is 4.90 Å². The zero-order valence-corrected chi connectivity index (χ0v) is 12.8. The van der Waals surface area contributed by atoms with E-state index in [9.17, 15) is 0 Å². The molecule has 1 unspecified atom stereocenters. The quantitative estimate of drug-likeness (QED) is 0.590. The van der Waals surface area contributed by atoms with E-state index >= 15 is 0 Å². The molecule has 18 heavy (non-hydrogen) atoms. The van der Waals surface area contributed by atoms with Crippen molar-refractivity contribution in [2.45, 2.75) is 30.0 Å². The van der Waals surface area contributed by atoms with E-state index in [2.05, 4.69) is 52.1 Å². The van der Waals surface area contributed by atoms with Crippen LogP contribution >= 0.6 is 27.7 Å². The van der Waals surface area contributed by atoms with Gasteiger partial charge in [-0.15, -0.1) is 11.8 Å². The lowest BCUT2D eigenvalue weighted by atomic mass is 10.2. The molecule has 0 aliphatic heterocycles. The van der Waals surface area contributed by atoms with Crippen LogP contribution < -0.4 is 0 Å². The van der Waals surface area contributed by atoms with E-state index in [4.69, 9.17) is 4.52 Å². The molecule has 0 aliphatic carbocycles. The Hall–Kier alpha value is -0.810. The van der Waals surface area contributed by atoms with Gasteiger partial charge in [0.1, 0.15) is 0 Å². The van der Waals surface area contributed by atoms with Crippen LogP contribution in [-0.2, 0) is 0 Å². The standard InChI is InChI=1S/C13H15BrN2OS/c1-3-11(14)13-15-12(16-17-13)9-5-7-10(8-6-9)18-4-2/h5-8,11H,3-4H2,1-2H3. The van der Waals surface area contributed by atoms with E-state index in [0.717, 1.165) is 17.7 Å². The topological polar surface area (TPSA) is 38.9 Å². The van der Waals surface area contributed by atoms with Crippen LogP contribution in [0.1, 0.15) is 31.0 Å². The van der Waals surface area contributed by atoms with Crippen LogP contribution in [0, 0.1) is 0 Å². The molecule has 0 saturated heterocycles. The second kappa shape index (κ2) is 6.38. The van der Waals surface area contributed by atoms with Gasteiger partial charge in [-0.2, -0.15) is 4.98 Å². The highest BCUT2D eigenvalue weighted by molar-refractivity contribution is 9.09. The zero-order valence-electron chi connectivity index (χ0n) is 10.4. The molecule has 5 heteroatoms. The van der Waals surface area contributed by atoms with Gasteiger partial charge in [0.25, 0.3) is 0 Å². The molecule has 1 aromatic carbocycles. The largest absolute Gasteiger partial charge is 0.338 e. The molecule has 96 valence electrons. The normalized spacial score (nSPS) is 12.6. The molecular weight excluding hydrogens is 312 g/mol. The SMILES string of the molecule is CCSc1ccc(-c2noc(C(Br)CC)n2)cc1. The fraction of sp³-hybridized carbons (Fsp3) is 0.385. The Kier molecular flexibility index (Phi) is 4.83. The summed E-state index contributed by atoms with van der Waals surface area (Å²) in [6.45, 7) is 4.21. The lowest BCUT2D eigenvalue weighted by molar-refractivity contribution is 0.377. The molecule has 0 aliphatic rings. The van der Waals surface area contributed by atoms with Gasteiger partial charge in [0.2, 0.25) is 11.7 Å². The molecule has 0 saturated carbocycles. The van der Waals surface area contributed by atoms with Gasteiger partial charge in [0.15, 0.2) is 0 Å². The van der Waals surface area contributed by atoms with Crippen LogP contribution in [0.2, 0.25) is 0 Å². The molecule has 0 radical (unpaired) electrons. The van der Waals surface area contributed by atoms with Crippen molar-refractivity contribution in [1.82, 2.24) is 10.1 Å². The smallest absolute Gasteiger partial charge is 0.240 e. The predicted molar refractivity (Wildman–Crippen MR) is 78.1 cm³/mol. The summed E-state index contributed by atoms with van der Waals surface area (Å²) >= 11 is 5.32. The molecule has 0 fully saturated rings. The minimum absolute atomic E-state index is 0.133. The molecule has 1 heterocycles. The third-order valence-corrected chi connectivity index (χ3v) is 4.42. The number of hydrogen-bond acceptors (Lipinski definition) is 4. The predicted octanol–water partition coefficient (Wildman–Crippen LogP) is 4.69. The molecule has 0 spiro atoms. The molecule has 2 aromatic rings. The number of aromatic nitrogens is 2.